The molecule has 2 amide bonds. The van der Waals surface area contributed by atoms with Crippen LogP contribution < -0.4 is 5.32 Å². The van der Waals surface area contributed by atoms with Gasteiger partial charge in [0.25, 0.3) is 15.9 Å². The maximum Gasteiger partial charge on any atom is 0.256 e. The summed E-state index contributed by atoms with van der Waals surface area (Å²) in [5.74, 6) is 0.0340. The lowest BCUT2D eigenvalue weighted by molar-refractivity contribution is -0.130. The number of carbonyl (C=O) groups is 2. The molecule has 3 rings (SSSR count). The molecule has 0 aromatic rings. The normalized spacial score (nSPS) is 21.8. The molecule has 0 aliphatic carbocycles. The Bertz CT molecular complexity index is 733. The number of carbonyl (C=O) groups excluding carboxylic acids is 2. The number of sulfonamides is 1. The third kappa shape index (κ3) is 3.84. The lowest BCUT2D eigenvalue weighted by Gasteiger charge is -2.27. The van der Waals surface area contributed by atoms with E-state index in [1.165, 1.54) is 12.2 Å². The zero-order valence-corrected chi connectivity index (χ0v) is 14.1. The molecular formula is C15H20N4O4S. The van der Waals surface area contributed by atoms with Crippen molar-refractivity contribution in [1.82, 2.24) is 15.1 Å². The molecule has 3 aliphatic heterocycles. The summed E-state index contributed by atoms with van der Waals surface area (Å²) in [6.45, 7) is 2.17. The maximum atomic E-state index is 12.2. The fourth-order valence-corrected chi connectivity index (χ4v) is 3.81. The summed E-state index contributed by atoms with van der Waals surface area (Å²) in [4.78, 5) is 27.5. The van der Waals surface area contributed by atoms with Gasteiger partial charge in [-0.25, -0.2) is 8.42 Å². The van der Waals surface area contributed by atoms with Gasteiger partial charge in [-0.15, -0.1) is 4.40 Å². The molecule has 3 aliphatic rings. The van der Waals surface area contributed by atoms with E-state index in [9.17, 15) is 18.0 Å². The van der Waals surface area contributed by atoms with Crippen LogP contribution in [0, 0.1) is 0 Å². The minimum atomic E-state index is -3.40. The quantitative estimate of drug-likeness (QED) is 0.743. The van der Waals surface area contributed by atoms with Crippen LogP contribution in [0.4, 0.5) is 0 Å². The van der Waals surface area contributed by atoms with Crippen molar-refractivity contribution in [2.24, 2.45) is 4.40 Å². The second kappa shape index (κ2) is 6.76. The molecule has 130 valence electrons. The summed E-state index contributed by atoms with van der Waals surface area (Å²) in [7, 11) is -3.40. The Morgan fingerprint density at radius 1 is 1.17 bits per heavy atom. The summed E-state index contributed by atoms with van der Waals surface area (Å²) < 4.78 is 26.6. The highest BCUT2D eigenvalue weighted by molar-refractivity contribution is 7.90. The second-order valence-corrected chi connectivity index (χ2v) is 7.70. The predicted molar refractivity (Wildman–Crippen MR) is 88.6 cm³/mol. The van der Waals surface area contributed by atoms with Crippen LogP contribution >= 0.6 is 0 Å². The molecule has 0 aromatic heterocycles. The van der Waals surface area contributed by atoms with E-state index >= 15 is 0 Å². The highest BCUT2D eigenvalue weighted by Gasteiger charge is 2.25. The van der Waals surface area contributed by atoms with Gasteiger partial charge in [0.05, 0.1) is 11.3 Å². The predicted octanol–water partition coefficient (Wildman–Crippen LogP) is -0.387. The molecule has 1 saturated heterocycles. The Kier molecular flexibility index (Phi) is 4.70. The number of fused-ring (bicyclic) bond motifs is 1. The van der Waals surface area contributed by atoms with Crippen molar-refractivity contribution >= 4 is 27.7 Å². The van der Waals surface area contributed by atoms with E-state index in [2.05, 4.69) is 9.71 Å². The first-order valence-electron chi connectivity index (χ1n) is 8.00. The molecule has 24 heavy (non-hydrogen) atoms. The fourth-order valence-electron chi connectivity index (χ4n) is 2.84. The largest absolute Gasteiger partial charge is 0.351 e. The monoisotopic (exact) mass is 352 g/mol. The van der Waals surface area contributed by atoms with Gasteiger partial charge in [0, 0.05) is 38.8 Å². The molecule has 9 heteroatoms. The van der Waals surface area contributed by atoms with Gasteiger partial charge in [-0.05, 0) is 25.0 Å². The van der Waals surface area contributed by atoms with Crippen LogP contribution in [0.1, 0.15) is 19.3 Å². The van der Waals surface area contributed by atoms with Gasteiger partial charge in [-0.1, -0.05) is 0 Å². The third-order valence-electron chi connectivity index (χ3n) is 4.17. The molecule has 0 saturated carbocycles. The number of amidine groups is 1. The smallest absolute Gasteiger partial charge is 0.256 e. The van der Waals surface area contributed by atoms with Crippen LogP contribution in [-0.4, -0.2) is 67.8 Å². The molecule has 0 atom stereocenters. The summed E-state index contributed by atoms with van der Waals surface area (Å²) in [6.07, 6.45) is 7.02. The van der Waals surface area contributed by atoms with Crippen LogP contribution in [0.15, 0.2) is 28.3 Å². The Morgan fingerprint density at radius 2 is 1.92 bits per heavy atom. The van der Waals surface area contributed by atoms with Gasteiger partial charge in [0.1, 0.15) is 5.84 Å². The van der Waals surface area contributed by atoms with Crippen LogP contribution in [0.25, 0.3) is 0 Å². The molecular weight excluding hydrogens is 332 g/mol. The van der Waals surface area contributed by atoms with E-state index < -0.39 is 10.0 Å². The SMILES string of the molecule is O=C(NCCC(=O)N1CCCC1)C1=CN2CCS(=O)(=O)N=C2C=C1. The van der Waals surface area contributed by atoms with Crippen molar-refractivity contribution in [3.63, 3.8) is 0 Å². The minimum Gasteiger partial charge on any atom is -0.351 e. The van der Waals surface area contributed by atoms with Crippen LogP contribution in [0.2, 0.25) is 0 Å². The number of rotatable bonds is 4. The number of hydrogen-bond donors (Lipinski definition) is 1. The van der Waals surface area contributed by atoms with E-state index in [0.717, 1.165) is 25.9 Å². The van der Waals surface area contributed by atoms with Crippen LogP contribution in [0.3, 0.4) is 0 Å². The average Bonchev–Trinajstić information content (AvgIpc) is 3.08. The van der Waals surface area contributed by atoms with Crippen LogP contribution in [0.5, 0.6) is 0 Å². The van der Waals surface area contributed by atoms with Crippen molar-refractivity contribution in [1.29, 1.82) is 0 Å². The molecule has 8 nitrogen and oxygen atoms in total. The molecule has 0 bridgehead atoms. The van der Waals surface area contributed by atoms with E-state index in [4.69, 9.17) is 0 Å². The van der Waals surface area contributed by atoms with Crippen molar-refractivity contribution in [2.75, 3.05) is 31.9 Å². The summed E-state index contributed by atoms with van der Waals surface area (Å²) in [5, 5.41) is 2.73. The topological polar surface area (TPSA) is 99.1 Å². The average molecular weight is 352 g/mol. The lowest BCUT2D eigenvalue weighted by Crippen LogP contribution is -2.38. The van der Waals surface area contributed by atoms with Crippen molar-refractivity contribution < 1.29 is 18.0 Å². The molecule has 0 radical (unpaired) electrons. The Balaban J connectivity index is 1.52. The number of hydrogen-bond acceptors (Lipinski definition) is 5. The highest BCUT2D eigenvalue weighted by atomic mass is 32.2. The first-order valence-corrected chi connectivity index (χ1v) is 9.61. The van der Waals surface area contributed by atoms with Crippen LogP contribution in [-0.2, 0) is 19.6 Å². The molecule has 0 unspecified atom stereocenters. The highest BCUT2D eigenvalue weighted by Crippen LogP contribution is 2.15. The Morgan fingerprint density at radius 3 is 2.67 bits per heavy atom. The maximum absolute atomic E-state index is 12.2. The van der Waals surface area contributed by atoms with Gasteiger partial charge in [-0.3, -0.25) is 9.59 Å². The molecule has 1 N–H and O–H groups in total. The molecule has 1 fully saturated rings. The van der Waals surface area contributed by atoms with E-state index in [1.807, 2.05) is 4.90 Å². The third-order valence-corrected chi connectivity index (χ3v) is 5.33. The van der Waals surface area contributed by atoms with Gasteiger partial charge < -0.3 is 15.1 Å². The number of nitrogens with zero attached hydrogens (tertiary/aromatic N) is 3. The molecule has 0 spiro atoms. The zero-order valence-electron chi connectivity index (χ0n) is 13.3. The number of amides is 2. The summed E-state index contributed by atoms with van der Waals surface area (Å²) in [5.41, 5.74) is 0.418. The van der Waals surface area contributed by atoms with Crippen molar-refractivity contribution in [3.05, 3.63) is 23.9 Å². The van der Waals surface area contributed by atoms with Gasteiger partial charge >= 0.3 is 0 Å². The van der Waals surface area contributed by atoms with Crippen molar-refractivity contribution in [2.45, 2.75) is 19.3 Å². The Labute approximate surface area is 141 Å². The number of nitrogens with one attached hydrogen (secondary N) is 1. The van der Waals surface area contributed by atoms with Gasteiger partial charge in [0.15, 0.2) is 0 Å². The lowest BCUT2D eigenvalue weighted by atomic mass is 10.1. The minimum absolute atomic E-state index is 0.0663. The second-order valence-electron chi connectivity index (χ2n) is 5.94. The van der Waals surface area contributed by atoms with E-state index in [-0.39, 0.29) is 37.1 Å². The van der Waals surface area contributed by atoms with Crippen molar-refractivity contribution in [3.8, 4) is 0 Å². The molecule has 0 aromatic carbocycles. The molecule has 3 heterocycles. The van der Waals surface area contributed by atoms with Gasteiger partial charge in [0.2, 0.25) is 5.91 Å². The fraction of sp³-hybridized carbons (Fsp3) is 0.533. The van der Waals surface area contributed by atoms with E-state index in [1.54, 1.807) is 11.1 Å². The van der Waals surface area contributed by atoms with E-state index in [0.29, 0.717) is 11.4 Å². The number of likely N-dealkylation sites (tertiary alicyclic amines) is 1. The summed E-state index contributed by atoms with van der Waals surface area (Å²) >= 11 is 0. The summed E-state index contributed by atoms with van der Waals surface area (Å²) in [6, 6.07) is 0. The van der Waals surface area contributed by atoms with Gasteiger partial charge in [-0.2, -0.15) is 0 Å². The first kappa shape index (κ1) is 16.7. The standard InChI is InChI=1S/C15H20N4O4S/c20-14(18-7-1-2-8-18)5-6-16-15(21)12-3-4-13-17-24(22,23)10-9-19(13)11-12/h3-4,11H,1-2,5-10H2,(H,16,21). The zero-order chi connectivity index (χ0) is 17.2. The first-order chi connectivity index (χ1) is 11.4. The Hall–Kier alpha value is -2.16.